The maximum atomic E-state index is 12.9. The molecule has 0 radical (unpaired) electrons. The summed E-state index contributed by atoms with van der Waals surface area (Å²) in [6.07, 6.45) is 5.36. The average molecular weight is 360 g/mol. The molecule has 0 saturated heterocycles. The summed E-state index contributed by atoms with van der Waals surface area (Å²) in [5.74, 6) is 0.126. The van der Waals surface area contributed by atoms with Gasteiger partial charge in [0.25, 0.3) is 0 Å². The van der Waals surface area contributed by atoms with Crippen molar-refractivity contribution >= 4 is 11.4 Å². The maximum Gasteiger partial charge on any atom is 0.189 e. The zero-order valence-electron chi connectivity index (χ0n) is 16.6. The minimum absolute atomic E-state index is 0.126. The molecule has 0 unspecified atom stereocenters. The van der Waals surface area contributed by atoms with Crippen molar-refractivity contribution in [3.8, 4) is 11.1 Å². The summed E-state index contributed by atoms with van der Waals surface area (Å²) in [6.45, 7) is 6.60. The molecule has 140 valence electrons. The van der Waals surface area contributed by atoms with E-state index in [1.165, 1.54) is 35.1 Å². The third-order valence-electron chi connectivity index (χ3n) is 6.37. The second kappa shape index (κ2) is 7.09. The van der Waals surface area contributed by atoms with Crippen molar-refractivity contribution in [2.24, 2.45) is 0 Å². The molecule has 0 amide bonds. The lowest BCUT2D eigenvalue weighted by Gasteiger charge is -2.36. The van der Waals surface area contributed by atoms with Crippen molar-refractivity contribution in [2.45, 2.75) is 58.5 Å². The molecule has 2 aromatic rings. The molecule has 1 heterocycles. The van der Waals surface area contributed by atoms with Gasteiger partial charge in [-0.05, 0) is 67.0 Å². The summed E-state index contributed by atoms with van der Waals surface area (Å²) in [5, 5.41) is 0. The highest BCUT2D eigenvalue weighted by Crippen LogP contribution is 2.45. The molecule has 2 aromatic carbocycles. The van der Waals surface area contributed by atoms with Gasteiger partial charge in [-0.1, -0.05) is 61.7 Å². The van der Waals surface area contributed by atoms with Crippen LogP contribution in [0.3, 0.4) is 0 Å². The fourth-order valence-corrected chi connectivity index (χ4v) is 4.68. The summed E-state index contributed by atoms with van der Waals surface area (Å²) >= 11 is 0. The normalized spacial score (nSPS) is 19.1. The molecule has 1 fully saturated rings. The number of ether oxygens (including phenoxy) is 1. The molecule has 1 spiro atoms. The van der Waals surface area contributed by atoms with E-state index in [1.807, 2.05) is 0 Å². The quantitative estimate of drug-likeness (QED) is 0.680. The van der Waals surface area contributed by atoms with Crippen LogP contribution in [0.5, 0.6) is 0 Å². The smallest absolute Gasteiger partial charge is 0.189 e. The molecular weight excluding hydrogens is 332 g/mol. The molecule has 0 atom stereocenters. The topological polar surface area (TPSA) is 26.3 Å². The van der Waals surface area contributed by atoms with E-state index in [0.29, 0.717) is 0 Å². The molecular formula is C25H28O2. The molecule has 4 rings (SSSR count). The number of hydrogen-bond donors (Lipinski definition) is 0. The standard InChI is InChI=1S/C25H28O2/c1-4-19-11-12-21(20-9-7-17(2)8-10-20)15-22(19)24-18(3)25(13-5-6-14-25)27-16-23(24)26/h7-12,15H,4-6,13-14,16H2,1-3H3. The number of benzene rings is 2. The third kappa shape index (κ3) is 3.17. The molecule has 1 aliphatic heterocycles. The summed E-state index contributed by atoms with van der Waals surface area (Å²) < 4.78 is 6.10. The Bertz CT molecular complexity index is 896. The van der Waals surface area contributed by atoms with Gasteiger partial charge >= 0.3 is 0 Å². The summed E-state index contributed by atoms with van der Waals surface area (Å²) in [4.78, 5) is 12.9. The number of ketones is 1. The highest BCUT2D eigenvalue weighted by Gasteiger charge is 2.43. The van der Waals surface area contributed by atoms with Crippen LogP contribution in [0.15, 0.2) is 48.0 Å². The van der Waals surface area contributed by atoms with Crippen molar-refractivity contribution in [2.75, 3.05) is 6.61 Å². The fraction of sp³-hybridized carbons (Fsp3) is 0.400. The molecule has 2 nitrogen and oxygen atoms in total. The first kappa shape index (κ1) is 18.2. The van der Waals surface area contributed by atoms with Crippen molar-refractivity contribution in [1.29, 1.82) is 0 Å². The molecule has 2 heteroatoms. The van der Waals surface area contributed by atoms with Crippen molar-refractivity contribution in [3.63, 3.8) is 0 Å². The van der Waals surface area contributed by atoms with Crippen molar-refractivity contribution in [3.05, 3.63) is 64.7 Å². The van der Waals surface area contributed by atoms with E-state index in [2.05, 4.69) is 63.2 Å². The molecule has 0 bridgehead atoms. The van der Waals surface area contributed by atoms with Crippen LogP contribution in [0.2, 0.25) is 0 Å². The first-order valence-corrected chi connectivity index (χ1v) is 10.1. The van der Waals surface area contributed by atoms with E-state index in [-0.39, 0.29) is 18.0 Å². The Morgan fingerprint density at radius 2 is 1.63 bits per heavy atom. The van der Waals surface area contributed by atoms with Gasteiger partial charge in [0.05, 0.1) is 5.60 Å². The number of Topliss-reactive ketones (excluding diaryl/α,β-unsaturated/α-hetero) is 1. The van der Waals surface area contributed by atoms with E-state index >= 15 is 0 Å². The lowest BCUT2D eigenvalue weighted by Crippen LogP contribution is -2.39. The zero-order chi connectivity index (χ0) is 19.0. The molecule has 2 aliphatic rings. The van der Waals surface area contributed by atoms with Gasteiger partial charge in [-0.15, -0.1) is 0 Å². The molecule has 0 N–H and O–H groups in total. The van der Waals surface area contributed by atoms with E-state index in [9.17, 15) is 4.79 Å². The van der Waals surface area contributed by atoms with Gasteiger partial charge in [0.2, 0.25) is 0 Å². The van der Waals surface area contributed by atoms with E-state index in [1.54, 1.807) is 0 Å². The van der Waals surface area contributed by atoms with Gasteiger partial charge < -0.3 is 4.74 Å². The minimum Gasteiger partial charge on any atom is -0.362 e. The van der Waals surface area contributed by atoms with Crippen LogP contribution in [0.4, 0.5) is 0 Å². The highest BCUT2D eigenvalue weighted by atomic mass is 16.5. The first-order valence-electron chi connectivity index (χ1n) is 10.1. The maximum absolute atomic E-state index is 12.9. The zero-order valence-corrected chi connectivity index (χ0v) is 16.6. The predicted molar refractivity (Wildman–Crippen MR) is 111 cm³/mol. The lowest BCUT2D eigenvalue weighted by molar-refractivity contribution is -0.125. The van der Waals surface area contributed by atoms with Gasteiger partial charge in [0, 0.05) is 5.57 Å². The second-order valence-corrected chi connectivity index (χ2v) is 8.00. The van der Waals surface area contributed by atoms with Crippen LogP contribution in [-0.2, 0) is 16.0 Å². The Morgan fingerprint density at radius 3 is 2.30 bits per heavy atom. The van der Waals surface area contributed by atoms with Gasteiger partial charge in [0.1, 0.15) is 6.61 Å². The summed E-state index contributed by atoms with van der Waals surface area (Å²) in [7, 11) is 0. The van der Waals surface area contributed by atoms with Gasteiger partial charge in [-0.25, -0.2) is 0 Å². The van der Waals surface area contributed by atoms with Crippen LogP contribution < -0.4 is 0 Å². The Kier molecular flexibility index (Phi) is 4.77. The molecule has 1 aliphatic carbocycles. The SMILES string of the molecule is CCc1ccc(-c2ccc(C)cc2)cc1C1=C(C)C2(CCCC2)OCC1=O. The van der Waals surface area contributed by atoms with Crippen LogP contribution >= 0.6 is 0 Å². The summed E-state index contributed by atoms with van der Waals surface area (Å²) in [5.41, 5.74) is 7.80. The number of carbonyl (C=O) groups excluding carboxylic acids is 1. The Labute approximate surface area is 162 Å². The minimum atomic E-state index is -0.214. The van der Waals surface area contributed by atoms with Crippen LogP contribution in [0, 0.1) is 6.92 Å². The van der Waals surface area contributed by atoms with Gasteiger partial charge in [-0.3, -0.25) is 4.79 Å². The number of carbonyl (C=O) groups is 1. The van der Waals surface area contributed by atoms with E-state index < -0.39 is 0 Å². The molecule has 1 saturated carbocycles. The average Bonchev–Trinajstić information content (AvgIpc) is 3.16. The highest BCUT2D eigenvalue weighted by molar-refractivity contribution is 6.23. The molecule has 0 aromatic heterocycles. The lowest BCUT2D eigenvalue weighted by atomic mass is 9.80. The third-order valence-corrected chi connectivity index (χ3v) is 6.37. The van der Waals surface area contributed by atoms with Crippen LogP contribution in [0.25, 0.3) is 16.7 Å². The second-order valence-electron chi connectivity index (χ2n) is 8.00. The summed E-state index contributed by atoms with van der Waals surface area (Å²) in [6, 6.07) is 15.2. The number of rotatable bonds is 3. The largest absolute Gasteiger partial charge is 0.362 e. The predicted octanol–water partition coefficient (Wildman–Crippen LogP) is 5.91. The van der Waals surface area contributed by atoms with E-state index in [0.717, 1.165) is 36.0 Å². The fourth-order valence-electron chi connectivity index (χ4n) is 4.68. The van der Waals surface area contributed by atoms with Crippen molar-refractivity contribution < 1.29 is 9.53 Å². The van der Waals surface area contributed by atoms with Gasteiger partial charge in [0.15, 0.2) is 5.78 Å². The number of hydrogen-bond acceptors (Lipinski definition) is 2. The first-order chi connectivity index (χ1) is 13.0. The Morgan fingerprint density at radius 1 is 0.963 bits per heavy atom. The van der Waals surface area contributed by atoms with Crippen molar-refractivity contribution in [1.82, 2.24) is 0 Å². The monoisotopic (exact) mass is 360 g/mol. The Balaban J connectivity index is 1.87. The Hall–Kier alpha value is -2.19. The van der Waals surface area contributed by atoms with Gasteiger partial charge in [-0.2, -0.15) is 0 Å². The number of aryl methyl sites for hydroxylation is 2. The van der Waals surface area contributed by atoms with Crippen LogP contribution in [-0.4, -0.2) is 18.0 Å². The molecule has 27 heavy (non-hydrogen) atoms. The van der Waals surface area contributed by atoms with Crippen LogP contribution in [0.1, 0.15) is 56.2 Å². The van der Waals surface area contributed by atoms with E-state index in [4.69, 9.17) is 4.74 Å².